The number of aryl methyl sites for hydroxylation is 1. The number of nitrogens with one attached hydrogen (secondary N) is 1. The zero-order chi connectivity index (χ0) is 16.2. The van der Waals surface area contributed by atoms with E-state index >= 15 is 0 Å². The van der Waals surface area contributed by atoms with Crippen LogP contribution in [0.3, 0.4) is 0 Å². The molecule has 5 nitrogen and oxygen atoms in total. The molecule has 1 amide bonds. The third kappa shape index (κ3) is 3.42. The smallest absolute Gasteiger partial charge is 0.257 e. The van der Waals surface area contributed by atoms with Crippen molar-refractivity contribution in [2.75, 3.05) is 0 Å². The molecule has 0 saturated heterocycles. The van der Waals surface area contributed by atoms with Crippen LogP contribution in [0.1, 0.15) is 21.7 Å². The van der Waals surface area contributed by atoms with Crippen LogP contribution in [-0.2, 0) is 6.54 Å². The van der Waals surface area contributed by atoms with E-state index in [4.69, 9.17) is 4.52 Å². The van der Waals surface area contributed by atoms with Crippen molar-refractivity contribution in [2.45, 2.75) is 13.5 Å². The van der Waals surface area contributed by atoms with Gasteiger partial charge in [-0.3, -0.25) is 4.79 Å². The Morgan fingerprint density at radius 1 is 1.22 bits per heavy atom. The zero-order valence-corrected chi connectivity index (χ0v) is 12.4. The minimum Gasteiger partial charge on any atom is -0.345 e. The average Bonchev–Trinajstić information content (AvgIpc) is 3.02. The molecule has 0 aliphatic carbocycles. The van der Waals surface area contributed by atoms with Gasteiger partial charge in [-0.15, -0.1) is 0 Å². The van der Waals surface area contributed by atoms with Crippen molar-refractivity contribution in [3.05, 3.63) is 71.3 Å². The summed E-state index contributed by atoms with van der Waals surface area (Å²) < 4.78 is 18.7. The van der Waals surface area contributed by atoms with Gasteiger partial charge in [-0.25, -0.2) is 4.39 Å². The minimum atomic E-state index is -0.571. The molecule has 0 spiro atoms. The number of hydrogen-bond acceptors (Lipinski definition) is 4. The number of carbonyl (C=O) groups excluding carboxylic acids is 1. The number of halogens is 1. The number of rotatable bonds is 4. The van der Waals surface area contributed by atoms with Crippen molar-refractivity contribution in [1.29, 1.82) is 0 Å². The molecule has 0 aliphatic heterocycles. The van der Waals surface area contributed by atoms with Crippen LogP contribution >= 0.6 is 0 Å². The molecule has 1 aromatic heterocycles. The van der Waals surface area contributed by atoms with Gasteiger partial charge in [-0.2, -0.15) is 4.98 Å². The van der Waals surface area contributed by atoms with E-state index in [1.807, 2.05) is 31.2 Å². The number of aromatic nitrogens is 2. The summed E-state index contributed by atoms with van der Waals surface area (Å²) >= 11 is 0. The molecular formula is C17H14FN3O2. The third-order valence-electron chi connectivity index (χ3n) is 3.26. The number of hydrogen-bond donors (Lipinski definition) is 1. The zero-order valence-electron chi connectivity index (χ0n) is 12.4. The van der Waals surface area contributed by atoms with E-state index in [2.05, 4.69) is 15.5 Å². The van der Waals surface area contributed by atoms with Gasteiger partial charge in [0.15, 0.2) is 5.82 Å². The van der Waals surface area contributed by atoms with E-state index in [-0.39, 0.29) is 12.1 Å². The molecule has 0 saturated carbocycles. The Balaban J connectivity index is 1.68. The van der Waals surface area contributed by atoms with E-state index in [0.717, 1.165) is 11.1 Å². The van der Waals surface area contributed by atoms with Crippen LogP contribution in [0.2, 0.25) is 0 Å². The SMILES string of the molecule is Cc1cccc(-c2nc(CNC(=O)c3ccccc3F)no2)c1. The molecule has 23 heavy (non-hydrogen) atoms. The maximum atomic E-state index is 13.5. The van der Waals surface area contributed by atoms with Crippen molar-refractivity contribution in [1.82, 2.24) is 15.5 Å². The molecule has 3 rings (SSSR count). The number of nitrogens with zero attached hydrogens (tertiary/aromatic N) is 2. The van der Waals surface area contributed by atoms with Crippen LogP contribution in [0.4, 0.5) is 4.39 Å². The summed E-state index contributed by atoms with van der Waals surface area (Å²) in [6.07, 6.45) is 0. The summed E-state index contributed by atoms with van der Waals surface area (Å²) in [4.78, 5) is 16.1. The fourth-order valence-corrected chi connectivity index (χ4v) is 2.12. The summed E-state index contributed by atoms with van der Waals surface area (Å²) in [6.45, 7) is 2.03. The third-order valence-corrected chi connectivity index (χ3v) is 3.26. The molecular weight excluding hydrogens is 297 g/mol. The molecule has 0 radical (unpaired) electrons. The fraction of sp³-hybridized carbons (Fsp3) is 0.118. The lowest BCUT2D eigenvalue weighted by Crippen LogP contribution is -2.24. The average molecular weight is 311 g/mol. The van der Waals surface area contributed by atoms with Crippen molar-refractivity contribution >= 4 is 5.91 Å². The van der Waals surface area contributed by atoms with Gasteiger partial charge < -0.3 is 9.84 Å². The second-order valence-corrected chi connectivity index (χ2v) is 5.05. The minimum absolute atomic E-state index is 0.0186. The highest BCUT2D eigenvalue weighted by molar-refractivity contribution is 5.94. The van der Waals surface area contributed by atoms with Crippen molar-refractivity contribution < 1.29 is 13.7 Å². The number of benzene rings is 2. The second-order valence-electron chi connectivity index (χ2n) is 5.05. The van der Waals surface area contributed by atoms with Gasteiger partial charge in [0.05, 0.1) is 12.1 Å². The van der Waals surface area contributed by atoms with E-state index in [0.29, 0.717) is 11.7 Å². The van der Waals surface area contributed by atoms with E-state index in [1.54, 1.807) is 6.07 Å². The maximum Gasteiger partial charge on any atom is 0.257 e. The van der Waals surface area contributed by atoms with Crippen LogP contribution in [0.5, 0.6) is 0 Å². The highest BCUT2D eigenvalue weighted by atomic mass is 19.1. The predicted octanol–water partition coefficient (Wildman–Crippen LogP) is 3.11. The quantitative estimate of drug-likeness (QED) is 0.804. The summed E-state index contributed by atoms with van der Waals surface area (Å²) in [5.74, 6) is -0.390. The van der Waals surface area contributed by atoms with Crippen LogP contribution in [-0.4, -0.2) is 16.0 Å². The van der Waals surface area contributed by atoms with Gasteiger partial charge in [0.1, 0.15) is 5.82 Å². The van der Waals surface area contributed by atoms with Gasteiger partial charge in [-0.1, -0.05) is 35.0 Å². The predicted molar refractivity (Wildman–Crippen MR) is 82.0 cm³/mol. The normalized spacial score (nSPS) is 10.5. The van der Waals surface area contributed by atoms with Crippen LogP contribution < -0.4 is 5.32 Å². The molecule has 0 bridgehead atoms. The molecule has 0 unspecified atom stereocenters. The molecule has 0 aliphatic rings. The van der Waals surface area contributed by atoms with E-state index in [9.17, 15) is 9.18 Å². The molecule has 1 N–H and O–H groups in total. The highest BCUT2D eigenvalue weighted by Gasteiger charge is 2.13. The van der Waals surface area contributed by atoms with Gasteiger partial charge in [0.2, 0.25) is 0 Å². The van der Waals surface area contributed by atoms with E-state index in [1.165, 1.54) is 18.2 Å². The molecule has 0 atom stereocenters. The summed E-state index contributed by atoms with van der Waals surface area (Å²) in [7, 11) is 0. The van der Waals surface area contributed by atoms with Crippen LogP contribution in [0.15, 0.2) is 53.1 Å². The summed E-state index contributed by atoms with van der Waals surface area (Å²) in [6, 6.07) is 13.4. The van der Waals surface area contributed by atoms with Gasteiger partial charge in [-0.05, 0) is 31.2 Å². The molecule has 3 aromatic rings. The Morgan fingerprint density at radius 2 is 2.04 bits per heavy atom. The Morgan fingerprint density at radius 3 is 2.83 bits per heavy atom. The van der Waals surface area contributed by atoms with E-state index < -0.39 is 11.7 Å². The standard InChI is InChI=1S/C17H14FN3O2/c1-11-5-4-6-12(9-11)17-20-15(21-23-17)10-19-16(22)13-7-2-3-8-14(13)18/h2-9H,10H2,1H3,(H,19,22). The number of carbonyl (C=O) groups is 1. The first kappa shape index (κ1) is 14.9. The first-order valence-corrected chi connectivity index (χ1v) is 7.06. The van der Waals surface area contributed by atoms with Crippen molar-refractivity contribution in [3.8, 4) is 11.5 Å². The fourth-order valence-electron chi connectivity index (χ4n) is 2.12. The molecule has 0 fully saturated rings. The highest BCUT2D eigenvalue weighted by Crippen LogP contribution is 2.18. The lowest BCUT2D eigenvalue weighted by atomic mass is 10.1. The molecule has 6 heteroatoms. The largest absolute Gasteiger partial charge is 0.345 e. The second kappa shape index (κ2) is 6.39. The van der Waals surface area contributed by atoms with Gasteiger partial charge in [0, 0.05) is 5.56 Å². The molecule has 1 heterocycles. The lowest BCUT2D eigenvalue weighted by molar-refractivity contribution is 0.0945. The van der Waals surface area contributed by atoms with Crippen molar-refractivity contribution in [2.24, 2.45) is 0 Å². The Bertz CT molecular complexity index is 845. The van der Waals surface area contributed by atoms with Crippen molar-refractivity contribution in [3.63, 3.8) is 0 Å². The van der Waals surface area contributed by atoms with Crippen LogP contribution in [0.25, 0.3) is 11.5 Å². The number of amides is 1. The first-order chi connectivity index (χ1) is 11.1. The maximum absolute atomic E-state index is 13.5. The van der Waals surface area contributed by atoms with Crippen LogP contribution in [0, 0.1) is 12.7 Å². The Hall–Kier alpha value is -3.02. The molecule has 2 aromatic carbocycles. The first-order valence-electron chi connectivity index (χ1n) is 7.06. The summed E-state index contributed by atoms with van der Waals surface area (Å²) in [5.41, 5.74) is 1.87. The monoisotopic (exact) mass is 311 g/mol. The van der Waals surface area contributed by atoms with Gasteiger partial charge >= 0.3 is 0 Å². The summed E-state index contributed by atoms with van der Waals surface area (Å²) in [5, 5.41) is 6.38. The Labute approximate surface area is 132 Å². The van der Waals surface area contributed by atoms with Gasteiger partial charge in [0.25, 0.3) is 11.8 Å². The topological polar surface area (TPSA) is 68.0 Å². The molecule has 116 valence electrons. The Kier molecular flexibility index (Phi) is 4.14. The lowest BCUT2D eigenvalue weighted by Gasteiger charge is -2.03.